The van der Waals surface area contributed by atoms with Gasteiger partial charge in [0, 0.05) is 31.0 Å². The van der Waals surface area contributed by atoms with Gasteiger partial charge in [-0.15, -0.1) is 12.4 Å². The molecule has 2 N–H and O–H groups in total. The Labute approximate surface area is 230 Å². The van der Waals surface area contributed by atoms with Crippen molar-refractivity contribution >= 4 is 18.3 Å². The fourth-order valence-electron chi connectivity index (χ4n) is 5.49. The van der Waals surface area contributed by atoms with E-state index in [1.54, 1.807) is 0 Å². The monoisotopic (exact) mass is 578 g/mol. The van der Waals surface area contributed by atoms with Crippen molar-refractivity contribution in [2.24, 2.45) is 11.7 Å². The predicted molar refractivity (Wildman–Crippen MR) is 137 cm³/mol. The van der Waals surface area contributed by atoms with Crippen LogP contribution in [0.4, 0.5) is 26.3 Å². The Morgan fingerprint density at radius 2 is 1.49 bits per heavy atom. The van der Waals surface area contributed by atoms with Crippen LogP contribution in [0, 0.1) is 5.92 Å². The molecule has 216 valence electrons. The van der Waals surface area contributed by atoms with E-state index in [4.69, 9.17) is 10.5 Å². The highest BCUT2D eigenvalue weighted by Gasteiger charge is 2.39. The predicted octanol–water partition coefficient (Wildman–Crippen LogP) is 7.13. The molecule has 1 aliphatic carbocycles. The molecule has 2 fully saturated rings. The van der Waals surface area contributed by atoms with E-state index in [0.29, 0.717) is 31.6 Å². The Hall–Kier alpha value is -2.30. The Morgan fingerprint density at radius 3 is 2.03 bits per heavy atom. The molecule has 2 aliphatic rings. The molecule has 2 aromatic rings. The molecule has 1 heterocycles. The number of ether oxygens (including phenoxy) is 1. The minimum atomic E-state index is -4.93. The topological polar surface area (TPSA) is 55.6 Å². The number of alkyl halides is 6. The average molecular weight is 579 g/mol. The lowest BCUT2D eigenvalue weighted by molar-refractivity contribution is -0.143. The zero-order chi connectivity index (χ0) is 27.7. The summed E-state index contributed by atoms with van der Waals surface area (Å²) in [6.07, 6.45) is -7.92. The Balaban J connectivity index is 0.00000420. The molecule has 39 heavy (non-hydrogen) atoms. The maximum absolute atomic E-state index is 13.4. The molecule has 1 saturated heterocycles. The number of nitrogens with zero attached hydrogens (tertiary/aromatic N) is 1. The second-order valence-electron chi connectivity index (χ2n) is 10.4. The third-order valence-electron chi connectivity index (χ3n) is 7.67. The first-order valence-electron chi connectivity index (χ1n) is 12.9. The summed E-state index contributed by atoms with van der Waals surface area (Å²) in [4.78, 5) is 15.1. The highest BCUT2D eigenvalue weighted by Crippen LogP contribution is 2.40. The molecule has 0 spiro atoms. The van der Waals surface area contributed by atoms with Gasteiger partial charge < -0.3 is 15.4 Å². The number of likely N-dealkylation sites (tertiary alicyclic amines) is 1. The van der Waals surface area contributed by atoms with Crippen molar-refractivity contribution < 1.29 is 35.9 Å². The van der Waals surface area contributed by atoms with Crippen molar-refractivity contribution in [3.63, 3.8) is 0 Å². The number of hydrogen-bond acceptors (Lipinski definition) is 3. The third-order valence-corrected chi connectivity index (χ3v) is 7.67. The Morgan fingerprint density at radius 1 is 0.923 bits per heavy atom. The van der Waals surface area contributed by atoms with Gasteiger partial charge in [0.25, 0.3) is 0 Å². The van der Waals surface area contributed by atoms with Gasteiger partial charge in [0.2, 0.25) is 5.91 Å². The molecule has 0 aromatic heterocycles. The van der Waals surface area contributed by atoms with E-state index in [0.717, 1.165) is 31.2 Å². The van der Waals surface area contributed by atoms with Gasteiger partial charge in [-0.2, -0.15) is 26.3 Å². The lowest BCUT2D eigenvalue weighted by Crippen LogP contribution is -2.48. The second kappa shape index (κ2) is 12.5. The number of piperidine rings is 1. The summed E-state index contributed by atoms with van der Waals surface area (Å²) in [7, 11) is 0. The van der Waals surface area contributed by atoms with Crippen molar-refractivity contribution in [3.8, 4) is 0 Å². The quantitative estimate of drug-likeness (QED) is 0.384. The van der Waals surface area contributed by atoms with E-state index in [1.807, 2.05) is 35.2 Å². The number of benzene rings is 2. The number of carbonyl (C=O) groups excluding carboxylic acids is 1. The molecule has 1 saturated carbocycles. The zero-order valence-corrected chi connectivity index (χ0v) is 22.3. The first kappa shape index (κ1) is 31.2. The minimum Gasteiger partial charge on any atom is -0.370 e. The minimum absolute atomic E-state index is 0. The number of carbonyl (C=O) groups is 1. The summed E-state index contributed by atoms with van der Waals surface area (Å²) in [6.45, 7) is 2.22. The maximum atomic E-state index is 13.4. The second-order valence-corrected chi connectivity index (χ2v) is 10.4. The molecular formula is C28H33ClF6N2O2. The van der Waals surface area contributed by atoms with Crippen LogP contribution in [-0.4, -0.2) is 36.0 Å². The van der Waals surface area contributed by atoms with E-state index in [1.165, 1.54) is 6.92 Å². The van der Waals surface area contributed by atoms with E-state index >= 15 is 0 Å². The first-order chi connectivity index (χ1) is 17.8. The van der Waals surface area contributed by atoms with Gasteiger partial charge in [0.15, 0.2) is 0 Å². The molecule has 4 nitrogen and oxygen atoms in total. The van der Waals surface area contributed by atoms with Crippen molar-refractivity contribution in [3.05, 3.63) is 70.8 Å². The molecule has 1 aliphatic heterocycles. The number of amides is 1. The normalized spacial score (nSPS) is 25.1. The fraction of sp³-hybridized carbons (Fsp3) is 0.536. The summed E-state index contributed by atoms with van der Waals surface area (Å²) in [6, 6.07) is 11.0. The summed E-state index contributed by atoms with van der Waals surface area (Å²) >= 11 is 0. The maximum Gasteiger partial charge on any atom is 0.416 e. The van der Waals surface area contributed by atoms with Gasteiger partial charge in [-0.1, -0.05) is 30.3 Å². The molecule has 1 amide bonds. The van der Waals surface area contributed by atoms with Gasteiger partial charge in [-0.25, -0.2) is 0 Å². The van der Waals surface area contributed by atoms with Gasteiger partial charge >= 0.3 is 12.4 Å². The van der Waals surface area contributed by atoms with E-state index in [2.05, 4.69) is 0 Å². The van der Waals surface area contributed by atoms with Crippen LogP contribution in [0.3, 0.4) is 0 Å². The SMILES string of the molecule is C[C@@H](O[C@@H]1CCN(C(=O)C2CCC(N)CC2)C[C@@H]1c1ccccc1)c1cc(C(F)(F)F)cc(C(F)(F)F)c1.Cl. The number of rotatable bonds is 5. The molecule has 2 aromatic carbocycles. The number of nitrogens with two attached hydrogens (primary N) is 1. The lowest BCUT2D eigenvalue weighted by atomic mass is 9.83. The lowest BCUT2D eigenvalue weighted by Gasteiger charge is -2.41. The van der Waals surface area contributed by atoms with Gasteiger partial charge in [-0.3, -0.25) is 4.79 Å². The largest absolute Gasteiger partial charge is 0.416 e. The third kappa shape index (κ3) is 7.67. The zero-order valence-electron chi connectivity index (χ0n) is 21.5. The van der Waals surface area contributed by atoms with Crippen LogP contribution in [0.5, 0.6) is 0 Å². The summed E-state index contributed by atoms with van der Waals surface area (Å²) < 4.78 is 86.5. The van der Waals surface area contributed by atoms with Crippen molar-refractivity contribution in [2.45, 2.75) is 75.5 Å². The van der Waals surface area contributed by atoms with Crippen LogP contribution in [0.15, 0.2) is 48.5 Å². The molecule has 0 bridgehead atoms. The van der Waals surface area contributed by atoms with Crippen LogP contribution in [0.2, 0.25) is 0 Å². The van der Waals surface area contributed by atoms with Crippen molar-refractivity contribution in [1.82, 2.24) is 4.90 Å². The smallest absolute Gasteiger partial charge is 0.370 e. The van der Waals surface area contributed by atoms with Crippen LogP contribution in [0.25, 0.3) is 0 Å². The van der Waals surface area contributed by atoms with Crippen LogP contribution < -0.4 is 5.73 Å². The molecular weight excluding hydrogens is 546 g/mol. The fourth-order valence-corrected chi connectivity index (χ4v) is 5.49. The first-order valence-corrected chi connectivity index (χ1v) is 12.9. The van der Waals surface area contributed by atoms with Gasteiger partial charge in [0.05, 0.1) is 23.3 Å². The van der Waals surface area contributed by atoms with Crippen molar-refractivity contribution in [2.75, 3.05) is 13.1 Å². The molecule has 0 unspecified atom stereocenters. The number of halogens is 7. The molecule has 3 atom stereocenters. The van der Waals surface area contributed by atoms with Gasteiger partial charge in [0.1, 0.15) is 0 Å². The van der Waals surface area contributed by atoms with Crippen LogP contribution >= 0.6 is 12.4 Å². The Kier molecular flexibility index (Phi) is 9.99. The van der Waals surface area contributed by atoms with Crippen LogP contribution in [0.1, 0.15) is 73.3 Å². The van der Waals surface area contributed by atoms with E-state index in [-0.39, 0.29) is 47.8 Å². The molecule has 0 radical (unpaired) electrons. The van der Waals surface area contributed by atoms with Gasteiger partial charge in [-0.05, 0) is 68.4 Å². The summed E-state index contributed by atoms with van der Waals surface area (Å²) in [5, 5.41) is 0. The number of hydrogen-bond donors (Lipinski definition) is 1. The highest BCUT2D eigenvalue weighted by molar-refractivity contribution is 5.85. The van der Waals surface area contributed by atoms with Crippen LogP contribution in [-0.2, 0) is 21.9 Å². The molecule has 4 rings (SSSR count). The van der Waals surface area contributed by atoms with E-state index < -0.39 is 35.7 Å². The Bertz CT molecular complexity index is 1070. The highest BCUT2D eigenvalue weighted by atomic mass is 35.5. The summed E-state index contributed by atoms with van der Waals surface area (Å²) in [5.41, 5.74) is 3.94. The van der Waals surface area contributed by atoms with Crippen molar-refractivity contribution in [1.29, 1.82) is 0 Å². The standard InChI is InChI=1S/C28H32F6N2O2.ClH/c1-17(20-13-21(27(29,30)31)15-22(14-20)28(32,33)34)38-25-11-12-36(16-24(25)18-5-3-2-4-6-18)26(37)19-7-9-23(35)10-8-19;/h2-6,13-15,17,19,23-25H,7-12,16,35H2,1H3;1H/t17-,19?,23?,24-,25-;/m1./s1. The summed E-state index contributed by atoms with van der Waals surface area (Å²) in [5.74, 6) is -0.305. The van der Waals surface area contributed by atoms with E-state index in [9.17, 15) is 31.1 Å². The molecule has 11 heteroatoms. The average Bonchev–Trinajstić information content (AvgIpc) is 2.88.